The number of hydrogen-bond acceptors (Lipinski definition) is 2. The van der Waals surface area contributed by atoms with Crippen molar-refractivity contribution >= 4 is 0 Å². The van der Waals surface area contributed by atoms with Gasteiger partial charge in [0.25, 0.3) is 0 Å². The van der Waals surface area contributed by atoms with E-state index in [2.05, 4.69) is 37.4 Å². The molecule has 0 atom stereocenters. The van der Waals surface area contributed by atoms with Crippen LogP contribution >= 0.6 is 0 Å². The summed E-state index contributed by atoms with van der Waals surface area (Å²) in [5.74, 6) is 1.68. The van der Waals surface area contributed by atoms with E-state index >= 15 is 0 Å². The van der Waals surface area contributed by atoms with Crippen LogP contribution in [-0.2, 0) is 6.42 Å². The lowest BCUT2D eigenvalue weighted by Gasteiger charge is -2.16. The molecule has 96 valence electrons. The minimum atomic E-state index is 0.675. The average Bonchev–Trinajstić information content (AvgIpc) is 2.38. The molecule has 2 heteroatoms. The Morgan fingerprint density at radius 1 is 1.24 bits per heavy atom. The molecule has 0 radical (unpaired) electrons. The molecule has 1 N–H and O–H groups in total. The van der Waals surface area contributed by atoms with Crippen LogP contribution in [-0.4, -0.2) is 20.7 Å². The fourth-order valence-electron chi connectivity index (χ4n) is 2.27. The molecule has 1 aromatic rings. The molecule has 17 heavy (non-hydrogen) atoms. The van der Waals surface area contributed by atoms with Crippen LogP contribution in [0.1, 0.15) is 43.7 Å². The van der Waals surface area contributed by atoms with E-state index in [1.54, 1.807) is 7.11 Å². The largest absolute Gasteiger partial charge is 0.496 e. The summed E-state index contributed by atoms with van der Waals surface area (Å²) in [6.45, 7) is 5.50. The predicted molar refractivity (Wildman–Crippen MR) is 73.9 cm³/mol. The average molecular weight is 235 g/mol. The number of benzene rings is 1. The topological polar surface area (TPSA) is 21.3 Å². The molecule has 0 saturated heterocycles. The zero-order valence-corrected chi connectivity index (χ0v) is 11.5. The Bertz CT molecular complexity index is 332. The van der Waals surface area contributed by atoms with E-state index in [0.29, 0.717) is 5.92 Å². The maximum absolute atomic E-state index is 5.42. The van der Waals surface area contributed by atoms with Gasteiger partial charge >= 0.3 is 0 Å². The van der Waals surface area contributed by atoms with Crippen LogP contribution in [0.25, 0.3) is 0 Å². The minimum Gasteiger partial charge on any atom is -0.496 e. The van der Waals surface area contributed by atoms with Gasteiger partial charge in [0.05, 0.1) is 7.11 Å². The van der Waals surface area contributed by atoms with Gasteiger partial charge in [0, 0.05) is 0 Å². The number of methoxy groups -OCH3 is 1. The zero-order chi connectivity index (χ0) is 12.7. The van der Waals surface area contributed by atoms with Crippen molar-refractivity contribution in [1.29, 1.82) is 0 Å². The van der Waals surface area contributed by atoms with Crippen molar-refractivity contribution in [3.63, 3.8) is 0 Å². The first-order valence-corrected chi connectivity index (χ1v) is 6.58. The van der Waals surface area contributed by atoms with Crippen molar-refractivity contribution in [2.45, 2.75) is 39.0 Å². The SMILES string of the molecule is CCC(CC)c1ccc(OC)c(CCNC)c1. The van der Waals surface area contributed by atoms with Gasteiger partial charge in [-0.25, -0.2) is 0 Å². The Balaban J connectivity index is 2.94. The standard InChI is InChI=1S/C15H25NO/c1-5-12(6-2)13-7-8-15(17-4)14(11-13)9-10-16-3/h7-8,11-12,16H,5-6,9-10H2,1-4H3. The Kier molecular flexibility index (Phi) is 6.06. The van der Waals surface area contributed by atoms with Crippen LogP contribution in [0.15, 0.2) is 18.2 Å². The number of ether oxygens (including phenoxy) is 1. The maximum Gasteiger partial charge on any atom is 0.122 e. The second kappa shape index (κ2) is 7.33. The van der Waals surface area contributed by atoms with E-state index in [0.717, 1.165) is 18.7 Å². The van der Waals surface area contributed by atoms with E-state index in [-0.39, 0.29) is 0 Å². The third-order valence-corrected chi connectivity index (χ3v) is 3.41. The molecule has 0 aliphatic carbocycles. The van der Waals surface area contributed by atoms with E-state index in [1.807, 2.05) is 7.05 Å². The Hall–Kier alpha value is -1.02. The highest BCUT2D eigenvalue weighted by molar-refractivity contribution is 5.38. The van der Waals surface area contributed by atoms with Crippen molar-refractivity contribution in [2.24, 2.45) is 0 Å². The van der Waals surface area contributed by atoms with Crippen molar-refractivity contribution < 1.29 is 4.74 Å². The van der Waals surface area contributed by atoms with Crippen LogP contribution in [0.2, 0.25) is 0 Å². The van der Waals surface area contributed by atoms with Gasteiger partial charge in [-0.2, -0.15) is 0 Å². The molecular formula is C15H25NO. The first kappa shape index (κ1) is 14.0. The molecule has 0 heterocycles. The monoisotopic (exact) mass is 235 g/mol. The molecule has 0 bridgehead atoms. The van der Waals surface area contributed by atoms with Gasteiger partial charge in [-0.3, -0.25) is 0 Å². The number of likely N-dealkylation sites (N-methyl/N-ethyl adjacent to an activating group) is 1. The fraction of sp³-hybridized carbons (Fsp3) is 0.600. The lowest BCUT2D eigenvalue weighted by molar-refractivity contribution is 0.409. The Morgan fingerprint density at radius 2 is 1.94 bits per heavy atom. The van der Waals surface area contributed by atoms with E-state index < -0.39 is 0 Å². The number of hydrogen-bond donors (Lipinski definition) is 1. The van der Waals surface area contributed by atoms with E-state index in [9.17, 15) is 0 Å². The first-order valence-electron chi connectivity index (χ1n) is 6.58. The zero-order valence-electron chi connectivity index (χ0n) is 11.5. The highest BCUT2D eigenvalue weighted by Gasteiger charge is 2.10. The molecular weight excluding hydrogens is 210 g/mol. The summed E-state index contributed by atoms with van der Waals surface area (Å²) in [5, 5.41) is 3.19. The van der Waals surface area contributed by atoms with Crippen LogP contribution in [0, 0.1) is 0 Å². The molecule has 0 unspecified atom stereocenters. The quantitative estimate of drug-likeness (QED) is 0.782. The third-order valence-electron chi connectivity index (χ3n) is 3.41. The smallest absolute Gasteiger partial charge is 0.122 e. The molecule has 0 saturated carbocycles. The lowest BCUT2D eigenvalue weighted by atomic mass is 9.92. The van der Waals surface area contributed by atoms with Gasteiger partial charge in [0.15, 0.2) is 0 Å². The van der Waals surface area contributed by atoms with Gasteiger partial charge in [-0.1, -0.05) is 26.0 Å². The summed E-state index contributed by atoms with van der Waals surface area (Å²) < 4.78 is 5.42. The molecule has 0 aromatic heterocycles. The van der Waals surface area contributed by atoms with Crippen LogP contribution in [0.5, 0.6) is 5.75 Å². The molecule has 0 spiro atoms. The summed E-state index contributed by atoms with van der Waals surface area (Å²) >= 11 is 0. The van der Waals surface area contributed by atoms with Crippen LogP contribution < -0.4 is 10.1 Å². The Labute approximate surface area is 105 Å². The second-order valence-corrected chi connectivity index (χ2v) is 4.44. The van der Waals surface area contributed by atoms with Crippen molar-refractivity contribution in [2.75, 3.05) is 20.7 Å². The summed E-state index contributed by atoms with van der Waals surface area (Å²) in [4.78, 5) is 0. The Morgan fingerprint density at radius 3 is 2.47 bits per heavy atom. The highest BCUT2D eigenvalue weighted by atomic mass is 16.5. The second-order valence-electron chi connectivity index (χ2n) is 4.44. The van der Waals surface area contributed by atoms with Crippen molar-refractivity contribution in [1.82, 2.24) is 5.32 Å². The molecule has 1 rings (SSSR count). The molecule has 1 aromatic carbocycles. The molecule has 0 fully saturated rings. The summed E-state index contributed by atoms with van der Waals surface area (Å²) in [6.07, 6.45) is 3.43. The molecule has 2 nitrogen and oxygen atoms in total. The first-order chi connectivity index (χ1) is 8.26. The maximum atomic E-state index is 5.42. The van der Waals surface area contributed by atoms with Gasteiger partial charge in [0.1, 0.15) is 5.75 Å². The van der Waals surface area contributed by atoms with E-state index in [4.69, 9.17) is 4.74 Å². The van der Waals surface area contributed by atoms with Crippen molar-refractivity contribution in [3.8, 4) is 5.75 Å². The summed E-state index contributed by atoms with van der Waals surface area (Å²) in [5.41, 5.74) is 2.76. The molecule has 0 aliphatic heterocycles. The fourth-order valence-corrected chi connectivity index (χ4v) is 2.27. The normalized spacial score (nSPS) is 10.9. The van der Waals surface area contributed by atoms with Gasteiger partial charge in [0.2, 0.25) is 0 Å². The lowest BCUT2D eigenvalue weighted by Crippen LogP contribution is -2.11. The predicted octanol–water partition coefficient (Wildman–Crippen LogP) is 3.36. The number of rotatable bonds is 7. The van der Waals surface area contributed by atoms with Gasteiger partial charge in [-0.15, -0.1) is 0 Å². The van der Waals surface area contributed by atoms with Gasteiger partial charge < -0.3 is 10.1 Å². The van der Waals surface area contributed by atoms with Crippen LogP contribution in [0.3, 0.4) is 0 Å². The summed E-state index contributed by atoms with van der Waals surface area (Å²) in [7, 11) is 3.73. The third kappa shape index (κ3) is 3.74. The van der Waals surface area contributed by atoms with Gasteiger partial charge in [-0.05, 0) is 56.0 Å². The van der Waals surface area contributed by atoms with E-state index in [1.165, 1.54) is 24.0 Å². The molecule has 0 amide bonds. The summed E-state index contributed by atoms with van der Waals surface area (Å²) in [6, 6.07) is 6.63. The van der Waals surface area contributed by atoms with Crippen molar-refractivity contribution in [3.05, 3.63) is 29.3 Å². The molecule has 0 aliphatic rings. The highest BCUT2D eigenvalue weighted by Crippen LogP contribution is 2.28. The van der Waals surface area contributed by atoms with Crippen LogP contribution in [0.4, 0.5) is 0 Å². The minimum absolute atomic E-state index is 0.675. The number of nitrogens with one attached hydrogen (secondary N) is 1.